The Kier molecular flexibility index (Phi) is 3.03. The summed E-state index contributed by atoms with van der Waals surface area (Å²) in [6.45, 7) is 5.83. The van der Waals surface area contributed by atoms with Crippen LogP contribution in [-0.4, -0.2) is 6.18 Å². The van der Waals surface area contributed by atoms with Gasteiger partial charge in [-0.05, 0) is 25.0 Å². The number of alkyl halides is 3. The van der Waals surface area contributed by atoms with E-state index in [1.807, 2.05) is 0 Å². The van der Waals surface area contributed by atoms with Gasteiger partial charge in [-0.3, -0.25) is 0 Å². The van der Waals surface area contributed by atoms with E-state index in [0.717, 1.165) is 13.8 Å². The van der Waals surface area contributed by atoms with Crippen LogP contribution in [0.1, 0.15) is 25.0 Å². The van der Waals surface area contributed by atoms with Gasteiger partial charge in [0.15, 0.2) is 0 Å². The first-order chi connectivity index (χ1) is 7.16. The Morgan fingerprint density at radius 3 is 1.88 bits per heavy atom. The predicted molar refractivity (Wildman–Crippen MR) is 58.7 cm³/mol. The van der Waals surface area contributed by atoms with Crippen molar-refractivity contribution in [3.8, 4) is 0 Å². The molecular weight excluding hydrogens is 215 g/mol. The lowest BCUT2D eigenvalue weighted by Gasteiger charge is -2.28. The second kappa shape index (κ2) is 3.85. The van der Waals surface area contributed by atoms with Crippen LogP contribution in [0, 0.1) is 0 Å². The van der Waals surface area contributed by atoms with E-state index >= 15 is 0 Å². The van der Waals surface area contributed by atoms with Crippen LogP contribution in [0.4, 0.5) is 13.2 Å². The van der Waals surface area contributed by atoms with Gasteiger partial charge in [-0.15, -0.1) is 0 Å². The van der Waals surface area contributed by atoms with Gasteiger partial charge < -0.3 is 5.73 Å². The quantitative estimate of drug-likeness (QED) is 0.825. The predicted octanol–water partition coefficient (Wildman–Crippen LogP) is 3.46. The molecule has 4 heteroatoms. The van der Waals surface area contributed by atoms with Crippen molar-refractivity contribution in [2.45, 2.75) is 25.4 Å². The van der Waals surface area contributed by atoms with Gasteiger partial charge >= 0.3 is 6.18 Å². The van der Waals surface area contributed by atoms with Crippen molar-refractivity contribution < 1.29 is 13.2 Å². The molecule has 1 rings (SSSR count). The van der Waals surface area contributed by atoms with E-state index in [1.54, 1.807) is 12.1 Å². The van der Waals surface area contributed by atoms with Crippen LogP contribution in [0.2, 0.25) is 0 Å². The Hall–Kier alpha value is -1.45. The maximum absolute atomic E-state index is 12.7. The molecule has 0 atom stereocenters. The molecule has 1 nitrogen and oxygen atoms in total. The van der Waals surface area contributed by atoms with Crippen molar-refractivity contribution in [3.05, 3.63) is 42.0 Å². The lowest BCUT2D eigenvalue weighted by atomic mass is 9.83. The van der Waals surface area contributed by atoms with Crippen LogP contribution in [0.3, 0.4) is 0 Å². The third-order valence-corrected chi connectivity index (χ3v) is 2.69. The maximum atomic E-state index is 12.7. The van der Waals surface area contributed by atoms with Crippen LogP contribution in [0.25, 0.3) is 5.70 Å². The van der Waals surface area contributed by atoms with Crippen LogP contribution in [-0.2, 0) is 5.41 Å². The minimum atomic E-state index is -4.27. The van der Waals surface area contributed by atoms with Gasteiger partial charge in [-0.25, -0.2) is 0 Å². The van der Waals surface area contributed by atoms with Gasteiger partial charge in [0.2, 0.25) is 0 Å². The monoisotopic (exact) mass is 229 g/mol. The molecule has 0 unspecified atom stereocenters. The molecule has 0 bridgehead atoms. The van der Waals surface area contributed by atoms with E-state index in [0.29, 0.717) is 11.3 Å². The summed E-state index contributed by atoms with van der Waals surface area (Å²) in [6, 6.07) is 5.96. The molecule has 0 fully saturated rings. The molecular formula is C12H14F3N. The molecule has 0 saturated heterocycles. The van der Waals surface area contributed by atoms with E-state index < -0.39 is 11.6 Å². The topological polar surface area (TPSA) is 26.0 Å². The number of nitrogens with two attached hydrogens (primary N) is 1. The summed E-state index contributed by atoms with van der Waals surface area (Å²) in [4.78, 5) is 0. The average molecular weight is 229 g/mol. The lowest BCUT2D eigenvalue weighted by Crippen LogP contribution is -2.36. The molecule has 1 aromatic carbocycles. The summed E-state index contributed by atoms with van der Waals surface area (Å²) < 4.78 is 38.2. The van der Waals surface area contributed by atoms with Crippen molar-refractivity contribution in [3.63, 3.8) is 0 Å². The number of hydrogen-bond acceptors (Lipinski definition) is 1. The molecule has 2 N–H and O–H groups in total. The molecule has 16 heavy (non-hydrogen) atoms. The van der Waals surface area contributed by atoms with Gasteiger partial charge in [0.05, 0.1) is 5.41 Å². The summed E-state index contributed by atoms with van der Waals surface area (Å²) in [6.07, 6.45) is -4.27. The van der Waals surface area contributed by atoms with Crippen LogP contribution in [0.5, 0.6) is 0 Å². The third kappa shape index (κ3) is 2.21. The summed E-state index contributed by atoms with van der Waals surface area (Å²) in [5.74, 6) is 0. The van der Waals surface area contributed by atoms with Gasteiger partial charge in [-0.2, -0.15) is 13.2 Å². The first-order valence-corrected chi connectivity index (χ1v) is 4.78. The molecule has 0 amide bonds. The standard InChI is InChI=1S/C12H14F3N/c1-8(16)9-4-6-10(7-5-9)11(2,3)12(13,14)15/h4-7H,1,16H2,2-3H3. The summed E-state index contributed by atoms with van der Waals surface area (Å²) in [7, 11) is 0. The maximum Gasteiger partial charge on any atom is 0.397 e. The Morgan fingerprint density at radius 1 is 1.12 bits per heavy atom. The molecule has 0 radical (unpaired) electrons. The van der Waals surface area contributed by atoms with Crippen LogP contribution < -0.4 is 5.73 Å². The fourth-order valence-electron chi connectivity index (χ4n) is 1.26. The zero-order valence-corrected chi connectivity index (χ0v) is 9.23. The smallest absolute Gasteiger partial charge is 0.397 e. The summed E-state index contributed by atoms with van der Waals surface area (Å²) >= 11 is 0. The molecule has 0 aliphatic carbocycles. The van der Waals surface area contributed by atoms with Gasteiger partial charge in [-0.1, -0.05) is 30.8 Å². The molecule has 88 valence electrons. The largest absolute Gasteiger partial charge is 0.399 e. The molecule has 0 heterocycles. The van der Waals surface area contributed by atoms with Crippen molar-refractivity contribution in [1.82, 2.24) is 0 Å². The van der Waals surface area contributed by atoms with Crippen molar-refractivity contribution in [2.75, 3.05) is 0 Å². The Bertz CT molecular complexity index is 388. The van der Waals surface area contributed by atoms with E-state index in [9.17, 15) is 13.2 Å². The SMILES string of the molecule is C=C(N)c1ccc(C(C)(C)C(F)(F)F)cc1. The van der Waals surface area contributed by atoms with E-state index in [-0.39, 0.29) is 5.56 Å². The number of benzene rings is 1. The highest BCUT2D eigenvalue weighted by molar-refractivity contribution is 5.60. The van der Waals surface area contributed by atoms with Gasteiger partial charge in [0.1, 0.15) is 0 Å². The van der Waals surface area contributed by atoms with Crippen molar-refractivity contribution in [2.24, 2.45) is 5.73 Å². The highest BCUT2D eigenvalue weighted by Crippen LogP contribution is 2.40. The Balaban J connectivity index is 3.11. The molecule has 0 spiro atoms. The summed E-state index contributed by atoms with van der Waals surface area (Å²) in [5.41, 5.74) is 4.78. The molecule has 0 aromatic heterocycles. The Morgan fingerprint density at radius 2 is 1.56 bits per heavy atom. The highest BCUT2D eigenvalue weighted by atomic mass is 19.4. The van der Waals surface area contributed by atoms with E-state index in [4.69, 9.17) is 5.73 Å². The minimum absolute atomic E-state index is 0.213. The minimum Gasteiger partial charge on any atom is -0.399 e. The van der Waals surface area contributed by atoms with Gasteiger partial charge in [0.25, 0.3) is 0 Å². The zero-order valence-electron chi connectivity index (χ0n) is 9.23. The molecule has 0 aliphatic heterocycles. The Labute approximate surface area is 92.8 Å². The highest BCUT2D eigenvalue weighted by Gasteiger charge is 2.48. The number of halogens is 3. The van der Waals surface area contributed by atoms with Crippen molar-refractivity contribution in [1.29, 1.82) is 0 Å². The first-order valence-electron chi connectivity index (χ1n) is 4.78. The normalized spacial score (nSPS) is 12.6. The third-order valence-electron chi connectivity index (χ3n) is 2.69. The van der Waals surface area contributed by atoms with Crippen molar-refractivity contribution >= 4 is 5.70 Å². The lowest BCUT2D eigenvalue weighted by molar-refractivity contribution is -0.180. The average Bonchev–Trinajstić information content (AvgIpc) is 2.16. The van der Waals surface area contributed by atoms with Crippen LogP contribution in [0.15, 0.2) is 30.8 Å². The fourth-order valence-corrected chi connectivity index (χ4v) is 1.26. The van der Waals surface area contributed by atoms with Crippen LogP contribution >= 0.6 is 0 Å². The molecule has 0 aliphatic rings. The first kappa shape index (κ1) is 12.6. The number of hydrogen-bond donors (Lipinski definition) is 1. The van der Waals surface area contributed by atoms with Gasteiger partial charge in [0, 0.05) is 5.70 Å². The number of rotatable bonds is 2. The van der Waals surface area contributed by atoms with E-state index in [2.05, 4.69) is 6.58 Å². The fraction of sp³-hybridized carbons (Fsp3) is 0.333. The zero-order chi connectivity index (χ0) is 12.6. The summed E-state index contributed by atoms with van der Waals surface area (Å²) in [5, 5.41) is 0. The second-order valence-corrected chi connectivity index (χ2v) is 4.23. The second-order valence-electron chi connectivity index (χ2n) is 4.23. The molecule has 0 saturated carbocycles. The molecule has 1 aromatic rings. The van der Waals surface area contributed by atoms with E-state index in [1.165, 1.54) is 12.1 Å².